The lowest BCUT2D eigenvalue weighted by Gasteiger charge is -2.33. The second kappa shape index (κ2) is 7.80. The number of nitrogens with two attached hydrogens (primary N) is 1. The minimum Gasteiger partial charge on any atom is -0.324 e. The second-order valence-corrected chi connectivity index (χ2v) is 5.64. The molecule has 2 atom stereocenters. The third-order valence-electron chi connectivity index (χ3n) is 2.60. The molecule has 0 aromatic heterocycles. The van der Waals surface area contributed by atoms with E-state index in [4.69, 9.17) is 11.0 Å². The van der Waals surface area contributed by atoms with Gasteiger partial charge in [-0.2, -0.15) is 17.0 Å². The zero-order chi connectivity index (χ0) is 12.1. The van der Waals surface area contributed by atoms with Crippen molar-refractivity contribution in [1.29, 1.82) is 5.26 Å². The smallest absolute Gasteiger partial charge is 0.240 e. The third kappa shape index (κ3) is 4.74. The van der Waals surface area contributed by atoms with Crippen molar-refractivity contribution < 1.29 is 4.79 Å². The number of nitriles is 1. The Morgan fingerprint density at radius 3 is 2.82 bits per heavy atom. The fraction of sp³-hybridized carbons (Fsp3) is 0.818. The number of carbonyl (C=O) groups is 1. The summed E-state index contributed by atoms with van der Waals surface area (Å²) in [6.07, 6.45) is 0.681. The van der Waals surface area contributed by atoms with Gasteiger partial charge in [-0.05, 0) is 12.3 Å². The Morgan fingerprint density at radius 1 is 1.65 bits per heavy atom. The van der Waals surface area contributed by atoms with E-state index in [1.807, 2.05) is 13.8 Å². The first-order valence-electron chi connectivity index (χ1n) is 5.59. The number of rotatable bonds is 3. The molecular weight excluding hydrogens is 258 g/mol. The number of halogens is 1. The predicted octanol–water partition coefficient (Wildman–Crippen LogP) is 1.25. The van der Waals surface area contributed by atoms with Gasteiger partial charge >= 0.3 is 0 Å². The number of carbonyl (C=O) groups excluding carboxylic acids is 1. The summed E-state index contributed by atoms with van der Waals surface area (Å²) in [4.78, 5) is 13.7. The van der Waals surface area contributed by atoms with Gasteiger partial charge in [0.25, 0.3) is 0 Å². The summed E-state index contributed by atoms with van der Waals surface area (Å²) in [6.45, 7) is 4.73. The highest BCUT2D eigenvalue weighted by atomic mass is 35.5. The van der Waals surface area contributed by atoms with Crippen LogP contribution in [0.1, 0.15) is 20.3 Å². The SMILES string of the molecule is CC(C)CC(N)C(=O)N1CCSC[C@H]1C#N.Cl. The van der Waals surface area contributed by atoms with Crippen molar-refractivity contribution in [3.8, 4) is 6.07 Å². The molecule has 0 aliphatic carbocycles. The molecule has 98 valence electrons. The van der Waals surface area contributed by atoms with Gasteiger partial charge in [0, 0.05) is 18.1 Å². The van der Waals surface area contributed by atoms with Crippen molar-refractivity contribution in [2.24, 2.45) is 11.7 Å². The van der Waals surface area contributed by atoms with Crippen LogP contribution in [0.25, 0.3) is 0 Å². The molecule has 1 fully saturated rings. The summed E-state index contributed by atoms with van der Waals surface area (Å²) in [5.74, 6) is 1.94. The molecule has 1 heterocycles. The van der Waals surface area contributed by atoms with E-state index in [1.54, 1.807) is 16.7 Å². The topological polar surface area (TPSA) is 70.1 Å². The lowest BCUT2D eigenvalue weighted by atomic mass is 10.0. The molecule has 1 amide bonds. The van der Waals surface area contributed by atoms with Crippen LogP contribution in [0.2, 0.25) is 0 Å². The first-order chi connectivity index (χ1) is 7.56. The van der Waals surface area contributed by atoms with E-state index >= 15 is 0 Å². The molecule has 1 rings (SSSR count). The molecule has 1 unspecified atom stereocenters. The zero-order valence-electron chi connectivity index (χ0n) is 10.3. The molecule has 0 spiro atoms. The van der Waals surface area contributed by atoms with Gasteiger partial charge in [-0.1, -0.05) is 13.8 Å². The Balaban J connectivity index is 0.00000256. The van der Waals surface area contributed by atoms with Crippen molar-refractivity contribution in [3.05, 3.63) is 0 Å². The molecule has 1 aliphatic heterocycles. The Morgan fingerprint density at radius 2 is 2.29 bits per heavy atom. The number of thioether (sulfide) groups is 1. The summed E-state index contributed by atoms with van der Waals surface area (Å²) in [7, 11) is 0. The van der Waals surface area contributed by atoms with E-state index in [1.165, 1.54) is 0 Å². The highest BCUT2D eigenvalue weighted by molar-refractivity contribution is 7.99. The van der Waals surface area contributed by atoms with Crippen LogP contribution >= 0.6 is 24.2 Å². The molecule has 4 nitrogen and oxygen atoms in total. The highest BCUT2D eigenvalue weighted by Crippen LogP contribution is 2.17. The van der Waals surface area contributed by atoms with E-state index in [0.29, 0.717) is 24.6 Å². The van der Waals surface area contributed by atoms with Crippen molar-refractivity contribution in [3.63, 3.8) is 0 Å². The maximum atomic E-state index is 12.0. The Kier molecular flexibility index (Phi) is 7.60. The van der Waals surface area contributed by atoms with E-state index in [2.05, 4.69) is 6.07 Å². The lowest BCUT2D eigenvalue weighted by molar-refractivity contribution is -0.133. The van der Waals surface area contributed by atoms with Crippen LogP contribution in [-0.4, -0.2) is 40.9 Å². The predicted molar refractivity (Wildman–Crippen MR) is 73.1 cm³/mol. The average molecular weight is 278 g/mol. The van der Waals surface area contributed by atoms with Gasteiger partial charge < -0.3 is 10.6 Å². The van der Waals surface area contributed by atoms with Gasteiger partial charge in [0.05, 0.1) is 12.1 Å². The monoisotopic (exact) mass is 277 g/mol. The molecule has 17 heavy (non-hydrogen) atoms. The molecule has 2 N–H and O–H groups in total. The van der Waals surface area contributed by atoms with E-state index in [9.17, 15) is 4.79 Å². The maximum absolute atomic E-state index is 12.0. The van der Waals surface area contributed by atoms with Crippen LogP contribution in [0.3, 0.4) is 0 Å². The molecule has 1 aliphatic rings. The highest BCUT2D eigenvalue weighted by Gasteiger charge is 2.30. The zero-order valence-corrected chi connectivity index (χ0v) is 11.9. The quantitative estimate of drug-likeness (QED) is 0.843. The third-order valence-corrected chi connectivity index (χ3v) is 3.63. The first kappa shape index (κ1) is 16.6. The minimum atomic E-state index is -0.459. The largest absolute Gasteiger partial charge is 0.324 e. The van der Waals surface area contributed by atoms with Gasteiger partial charge in [-0.25, -0.2) is 0 Å². The summed E-state index contributed by atoms with van der Waals surface area (Å²) >= 11 is 1.72. The fourth-order valence-corrected chi connectivity index (χ4v) is 2.77. The van der Waals surface area contributed by atoms with Crippen molar-refractivity contribution in [2.45, 2.75) is 32.4 Å². The number of hydrogen-bond acceptors (Lipinski definition) is 4. The first-order valence-corrected chi connectivity index (χ1v) is 6.75. The number of hydrogen-bond donors (Lipinski definition) is 1. The number of amides is 1. The van der Waals surface area contributed by atoms with Crippen LogP contribution in [0.4, 0.5) is 0 Å². The normalized spacial score (nSPS) is 21.6. The maximum Gasteiger partial charge on any atom is 0.240 e. The van der Waals surface area contributed by atoms with E-state index in [-0.39, 0.29) is 24.4 Å². The molecule has 6 heteroatoms. The molecule has 0 radical (unpaired) electrons. The molecule has 0 bridgehead atoms. The Labute approximate surface area is 113 Å². The molecule has 1 saturated heterocycles. The van der Waals surface area contributed by atoms with Gasteiger partial charge in [0.15, 0.2) is 0 Å². The summed E-state index contributed by atoms with van der Waals surface area (Å²) in [6, 6.07) is 1.41. The molecule has 0 aromatic rings. The fourth-order valence-electron chi connectivity index (χ4n) is 1.80. The molecular formula is C11H20ClN3OS. The Bertz CT molecular complexity index is 293. The van der Waals surface area contributed by atoms with E-state index in [0.717, 1.165) is 5.75 Å². The van der Waals surface area contributed by atoms with Crippen LogP contribution in [0, 0.1) is 17.2 Å². The van der Waals surface area contributed by atoms with Crippen LogP contribution in [0.15, 0.2) is 0 Å². The van der Waals surface area contributed by atoms with Gasteiger partial charge in [0.2, 0.25) is 5.91 Å². The van der Waals surface area contributed by atoms with Crippen molar-refractivity contribution in [1.82, 2.24) is 4.90 Å². The van der Waals surface area contributed by atoms with E-state index < -0.39 is 6.04 Å². The van der Waals surface area contributed by atoms with Crippen molar-refractivity contribution >= 4 is 30.1 Å². The summed E-state index contributed by atoms with van der Waals surface area (Å²) < 4.78 is 0. The van der Waals surface area contributed by atoms with Gasteiger partial charge in [-0.3, -0.25) is 4.79 Å². The average Bonchev–Trinajstić information content (AvgIpc) is 2.27. The Hall–Kier alpha value is -0.440. The minimum absolute atomic E-state index is 0. The van der Waals surface area contributed by atoms with Crippen molar-refractivity contribution in [2.75, 3.05) is 18.1 Å². The number of nitrogens with zero attached hydrogens (tertiary/aromatic N) is 2. The van der Waals surface area contributed by atoms with Crippen LogP contribution < -0.4 is 5.73 Å². The lowest BCUT2D eigenvalue weighted by Crippen LogP contribution is -2.52. The van der Waals surface area contributed by atoms with Crippen LogP contribution in [-0.2, 0) is 4.79 Å². The second-order valence-electron chi connectivity index (χ2n) is 4.49. The van der Waals surface area contributed by atoms with Crippen LogP contribution in [0.5, 0.6) is 0 Å². The van der Waals surface area contributed by atoms with Gasteiger partial charge in [-0.15, -0.1) is 12.4 Å². The molecule has 0 aromatic carbocycles. The summed E-state index contributed by atoms with van der Waals surface area (Å²) in [5.41, 5.74) is 5.86. The summed E-state index contributed by atoms with van der Waals surface area (Å²) in [5, 5.41) is 8.98. The molecule has 0 saturated carbocycles. The standard InChI is InChI=1S/C11H19N3OS.ClH/c1-8(2)5-10(13)11(15)14-3-4-16-7-9(14)6-12;/h8-10H,3-5,7,13H2,1-2H3;1H/t9-,10?;/m1./s1. The van der Waals surface area contributed by atoms with Gasteiger partial charge in [0.1, 0.15) is 6.04 Å².